The van der Waals surface area contributed by atoms with Crippen molar-refractivity contribution >= 4 is 7.54 Å². The molecule has 6 heteroatoms. The zero-order chi connectivity index (χ0) is 8.69. The molecule has 0 unspecified atom stereocenters. The van der Waals surface area contributed by atoms with Crippen LogP contribution in [-0.4, -0.2) is 14.2 Å². The number of rotatable bonds is 2. The average Bonchev–Trinajstić information content (AvgIpc) is 1.77. The van der Waals surface area contributed by atoms with E-state index in [-0.39, 0.29) is 51.4 Å². The molecule has 0 bridgehead atoms. The van der Waals surface area contributed by atoms with E-state index in [0.717, 1.165) is 12.5 Å². The van der Waals surface area contributed by atoms with E-state index in [1.165, 1.54) is 19.3 Å². The third-order valence-electron chi connectivity index (χ3n) is 1.58. The predicted molar refractivity (Wildman–Crippen MR) is 37.7 cm³/mol. The molecule has 66 valence electrons. The Morgan fingerprint density at radius 1 is 1.33 bits per heavy atom. The van der Waals surface area contributed by atoms with Crippen LogP contribution in [0.3, 0.4) is 0 Å². The molecule has 0 atom stereocenters. The number of halogens is 3. The van der Waals surface area contributed by atoms with Gasteiger partial charge >= 0.3 is 58.9 Å². The molecule has 0 spiro atoms. The average molecular weight is 206 g/mol. The second-order valence-corrected chi connectivity index (χ2v) is 2.42. The molecule has 0 aromatic heterocycles. The quantitative estimate of drug-likeness (QED) is 0.436. The van der Waals surface area contributed by atoms with Gasteiger partial charge in [-0.2, -0.15) is 0 Å². The van der Waals surface area contributed by atoms with Gasteiger partial charge in [0.2, 0.25) is 0 Å². The first kappa shape index (κ1) is 15.9. The molecule has 0 aromatic carbocycles. The maximum Gasteiger partial charge on any atom is 1.00 e. The van der Waals surface area contributed by atoms with Crippen molar-refractivity contribution in [1.29, 1.82) is 0 Å². The summed E-state index contributed by atoms with van der Waals surface area (Å²) >= 11 is 0. The maximum atomic E-state index is 9.67. The summed E-state index contributed by atoms with van der Waals surface area (Å²) in [6.07, 6.45) is 4.11. The van der Waals surface area contributed by atoms with Gasteiger partial charge < -0.3 is 4.74 Å². The smallest absolute Gasteiger partial charge is 0.555 e. The minimum Gasteiger partial charge on any atom is -0.555 e. The molecular formula is C6H11BF3KO. The zero-order valence-electron chi connectivity index (χ0n) is 7.23. The topological polar surface area (TPSA) is 9.23 Å². The molecule has 0 amide bonds. The van der Waals surface area contributed by atoms with E-state index in [4.69, 9.17) is 4.74 Å². The van der Waals surface area contributed by atoms with Crippen LogP contribution in [0.5, 0.6) is 0 Å². The molecule has 1 rings (SSSR count). The summed E-state index contributed by atoms with van der Waals surface area (Å²) in [5, 5.41) is 0. The summed E-state index contributed by atoms with van der Waals surface area (Å²) in [6, 6.07) is 0. The molecule has 1 saturated carbocycles. The van der Waals surface area contributed by atoms with Crippen molar-refractivity contribution in [2.75, 3.05) is 6.61 Å². The standard InChI is InChI=1S/C6H11O.BF3.K/c1-7-5-6-3-2-4-6;2-1(3)4;/h6H,1-5H2;;/q-1;;+1. The van der Waals surface area contributed by atoms with Gasteiger partial charge in [0.05, 0.1) is 0 Å². The Balaban J connectivity index is 0. The summed E-state index contributed by atoms with van der Waals surface area (Å²) in [6.45, 7) is 0.875. The van der Waals surface area contributed by atoms with E-state index in [0.29, 0.717) is 0 Å². The Bertz CT molecular complexity index is 90.1. The van der Waals surface area contributed by atoms with Crippen molar-refractivity contribution in [1.82, 2.24) is 0 Å². The van der Waals surface area contributed by atoms with Gasteiger partial charge in [0, 0.05) is 6.61 Å². The van der Waals surface area contributed by atoms with Crippen LogP contribution in [0.4, 0.5) is 12.9 Å². The molecule has 0 radical (unpaired) electrons. The summed E-state index contributed by atoms with van der Waals surface area (Å²) < 4.78 is 33.7. The van der Waals surface area contributed by atoms with Gasteiger partial charge in [0.15, 0.2) is 0 Å². The van der Waals surface area contributed by atoms with E-state index in [1.807, 2.05) is 0 Å². The molecule has 1 aliphatic carbocycles. The van der Waals surface area contributed by atoms with Gasteiger partial charge in [-0.25, -0.2) is 7.11 Å². The summed E-state index contributed by atoms with van der Waals surface area (Å²) in [4.78, 5) is 0. The first-order valence-electron chi connectivity index (χ1n) is 3.46. The largest absolute Gasteiger partial charge is 1.00 e. The Morgan fingerprint density at radius 3 is 1.83 bits per heavy atom. The van der Waals surface area contributed by atoms with Gasteiger partial charge in [-0.1, -0.05) is 6.42 Å². The van der Waals surface area contributed by atoms with Crippen molar-refractivity contribution in [3.05, 3.63) is 7.11 Å². The Kier molecular flexibility index (Phi) is 14.0. The molecule has 1 fully saturated rings. The molecule has 12 heavy (non-hydrogen) atoms. The fraction of sp³-hybridized carbons (Fsp3) is 0.833. The second-order valence-electron chi connectivity index (χ2n) is 2.42. The van der Waals surface area contributed by atoms with Crippen molar-refractivity contribution in [3.63, 3.8) is 0 Å². The fourth-order valence-corrected chi connectivity index (χ4v) is 0.826. The van der Waals surface area contributed by atoms with Crippen LogP contribution in [0.15, 0.2) is 0 Å². The maximum absolute atomic E-state index is 9.67. The van der Waals surface area contributed by atoms with Crippen LogP contribution < -0.4 is 51.4 Å². The monoisotopic (exact) mass is 206 g/mol. The molecule has 0 heterocycles. The Morgan fingerprint density at radius 2 is 1.75 bits per heavy atom. The van der Waals surface area contributed by atoms with Crippen LogP contribution in [0.2, 0.25) is 0 Å². The first-order valence-corrected chi connectivity index (χ1v) is 3.46. The van der Waals surface area contributed by atoms with E-state index < -0.39 is 7.54 Å². The van der Waals surface area contributed by atoms with Gasteiger partial charge in [-0.3, -0.25) is 12.9 Å². The predicted octanol–water partition coefficient (Wildman–Crippen LogP) is -0.522. The number of ether oxygens (including phenoxy) is 1. The van der Waals surface area contributed by atoms with Crippen LogP contribution in [0.1, 0.15) is 19.3 Å². The Labute approximate surface area is 114 Å². The van der Waals surface area contributed by atoms with Gasteiger partial charge in [-0.15, -0.1) is 0 Å². The first-order chi connectivity index (χ1) is 5.16. The van der Waals surface area contributed by atoms with Crippen LogP contribution in [0, 0.1) is 13.0 Å². The minimum atomic E-state index is -3.67. The number of hydrogen-bond acceptors (Lipinski definition) is 1. The van der Waals surface area contributed by atoms with Crippen molar-refractivity contribution in [2.24, 2.45) is 5.92 Å². The van der Waals surface area contributed by atoms with E-state index in [1.54, 1.807) is 0 Å². The van der Waals surface area contributed by atoms with Gasteiger partial charge in [0.25, 0.3) is 0 Å². The summed E-state index contributed by atoms with van der Waals surface area (Å²) in [5.41, 5.74) is 0. The molecule has 0 saturated heterocycles. The third-order valence-corrected chi connectivity index (χ3v) is 1.58. The minimum absolute atomic E-state index is 0. The SMILES string of the molecule is FB(F)F.[CH2-]OCC1CCC1.[K+]. The summed E-state index contributed by atoms with van der Waals surface area (Å²) in [5.74, 6) is 0.845. The Hall–Kier alpha value is 1.45. The summed E-state index contributed by atoms with van der Waals surface area (Å²) in [7, 11) is -0.359. The van der Waals surface area contributed by atoms with Crippen LogP contribution in [-0.2, 0) is 4.74 Å². The molecular weight excluding hydrogens is 195 g/mol. The van der Waals surface area contributed by atoms with Crippen LogP contribution in [0.25, 0.3) is 0 Å². The molecule has 0 aliphatic heterocycles. The van der Waals surface area contributed by atoms with Crippen molar-refractivity contribution in [3.8, 4) is 0 Å². The molecule has 0 aromatic rings. The normalized spacial score (nSPS) is 15.0. The van der Waals surface area contributed by atoms with Crippen molar-refractivity contribution < 1.29 is 69.1 Å². The van der Waals surface area contributed by atoms with E-state index in [2.05, 4.69) is 7.11 Å². The van der Waals surface area contributed by atoms with Crippen molar-refractivity contribution in [2.45, 2.75) is 19.3 Å². The fourth-order valence-electron chi connectivity index (χ4n) is 0.826. The van der Waals surface area contributed by atoms with Gasteiger partial charge in [0.1, 0.15) is 0 Å². The van der Waals surface area contributed by atoms with E-state index in [9.17, 15) is 12.9 Å². The number of hydrogen-bond donors (Lipinski definition) is 0. The van der Waals surface area contributed by atoms with Crippen LogP contribution >= 0.6 is 0 Å². The zero-order valence-corrected chi connectivity index (χ0v) is 10.4. The third kappa shape index (κ3) is 11.5. The molecule has 1 aliphatic rings. The van der Waals surface area contributed by atoms with E-state index >= 15 is 0 Å². The molecule has 1 nitrogen and oxygen atoms in total. The molecule has 0 N–H and O–H groups in total. The van der Waals surface area contributed by atoms with Gasteiger partial charge in [-0.05, 0) is 18.8 Å². The second kappa shape index (κ2) is 10.5.